The van der Waals surface area contributed by atoms with Crippen LogP contribution in [0.4, 0.5) is 0 Å². The first kappa shape index (κ1) is 17.5. The highest BCUT2D eigenvalue weighted by molar-refractivity contribution is 7.89. The summed E-state index contributed by atoms with van der Waals surface area (Å²) in [6.45, 7) is 7.53. The van der Waals surface area contributed by atoms with Crippen LogP contribution in [0, 0.1) is 12.3 Å². The molecule has 0 saturated carbocycles. The average Bonchev–Trinajstić information content (AvgIpc) is 2.45. The SMILES string of the molecule is C#C[C@@](C)(CC)NS(=O)(=O)c1cc(C(C)C)ccc1OC. The van der Waals surface area contributed by atoms with Crippen LogP contribution < -0.4 is 9.46 Å². The van der Waals surface area contributed by atoms with Crippen molar-refractivity contribution in [2.24, 2.45) is 0 Å². The predicted octanol–water partition coefficient (Wildman–Crippen LogP) is 2.90. The van der Waals surface area contributed by atoms with E-state index in [1.807, 2.05) is 26.8 Å². The number of sulfonamides is 1. The number of hydrogen-bond acceptors (Lipinski definition) is 3. The number of terminal acetylenes is 1. The van der Waals surface area contributed by atoms with Gasteiger partial charge >= 0.3 is 0 Å². The third-order valence-corrected chi connectivity index (χ3v) is 5.15. The molecule has 5 heteroatoms. The van der Waals surface area contributed by atoms with Crippen LogP contribution in [0.1, 0.15) is 45.6 Å². The lowest BCUT2D eigenvalue weighted by Crippen LogP contribution is -2.44. The molecule has 0 heterocycles. The summed E-state index contributed by atoms with van der Waals surface area (Å²) < 4.78 is 33.0. The van der Waals surface area contributed by atoms with Crippen LogP contribution in [0.25, 0.3) is 0 Å². The normalized spacial score (nSPS) is 14.5. The Morgan fingerprint density at radius 1 is 1.43 bits per heavy atom. The molecule has 1 aromatic rings. The van der Waals surface area contributed by atoms with Crippen LogP contribution in [-0.2, 0) is 10.0 Å². The third-order valence-electron chi connectivity index (χ3n) is 3.53. The number of nitrogens with one attached hydrogen (secondary N) is 1. The van der Waals surface area contributed by atoms with Crippen LogP contribution in [0.2, 0.25) is 0 Å². The number of ether oxygens (including phenoxy) is 1. The molecular weight excluding hydrogens is 286 g/mol. The van der Waals surface area contributed by atoms with E-state index < -0.39 is 15.6 Å². The molecule has 21 heavy (non-hydrogen) atoms. The summed E-state index contributed by atoms with van der Waals surface area (Å²) in [5.74, 6) is 3.02. The van der Waals surface area contributed by atoms with Crippen LogP contribution in [0.5, 0.6) is 5.75 Å². The minimum atomic E-state index is -3.76. The molecule has 0 amide bonds. The van der Waals surface area contributed by atoms with Gasteiger partial charge in [-0.1, -0.05) is 32.8 Å². The molecule has 4 nitrogen and oxygen atoms in total. The first-order valence-corrected chi connectivity index (χ1v) is 8.37. The number of rotatable bonds is 6. The van der Waals surface area contributed by atoms with Gasteiger partial charge < -0.3 is 4.74 Å². The molecule has 0 unspecified atom stereocenters. The van der Waals surface area contributed by atoms with Gasteiger partial charge in [-0.15, -0.1) is 6.42 Å². The summed E-state index contributed by atoms with van der Waals surface area (Å²) in [5.41, 5.74) is 0.00704. The second kappa shape index (κ2) is 6.50. The molecule has 1 N–H and O–H groups in total. The lowest BCUT2D eigenvalue weighted by Gasteiger charge is -2.24. The molecule has 0 fully saturated rings. The molecule has 0 spiro atoms. The zero-order chi connectivity index (χ0) is 16.3. The molecule has 1 atom stereocenters. The Bertz CT molecular complexity index is 644. The van der Waals surface area contributed by atoms with Crippen molar-refractivity contribution < 1.29 is 13.2 Å². The van der Waals surface area contributed by atoms with Crippen molar-refractivity contribution >= 4 is 10.0 Å². The second-order valence-electron chi connectivity index (χ2n) is 5.50. The van der Waals surface area contributed by atoms with Gasteiger partial charge in [-0.05, 0) is 37.0 Å². The third kappa shape index (κ3) is 3.99. The van der Waals surface area contributed by atoms with E-state index in [0.29, 0.717) is 12.2 Å². The molecule has 1 rings (SSSR count). The van der Waals surface area contributed by atoms with Crippen LogP contribution >= 0.6 is 0 Å². The molecular formula is C16H23NO3S. The highest BCUT2D eigenvalue weighted by atomic mass is 32.2. The highest BCUT2D eigenvalue weighted by Gasteiger charge is 2.29. The Labute approximate surface area is 128 Å². The van der Waals surface area contributed by atoms with Gasteiger partial charge in [-0.2, -0.15) is 4.72 Å². The van der Waals surface area contributed by atoms with Gasteiger partial charge in [0.2, 0.25) is 10.0 Å². The Hall–Kier alpha value is -1.51. The lowest BCUT2D eigenvalue weighted by molar-refractivity contribution is 0.401. The largest absolute Gasteiger partial charge is 0.495 e. The predicted molar refractivity (Wildman–Crippen MR) is 84.9 cm³/mol. The number of benzene rings is 1. The van der Waals surface area contributed by atoms with Crippen molar-refractivity contribution in [2.75, 3.05) is 7.11 Å². The maximum atomic E-state index is 12.6. The Kier molecular flexibility index (Phi) is 5.43. The minimum absolute atomic E-state index is 0.117. The van der Waals surface area contributed by atoms with E-state index in [-0.39, 0.29) is 10.8 Å². The van der Waals surface area contributed by atoms with Crippen molar-refractivity contribution in [1.29, 1.82) is 0 Å². The van der Waals surface area contributed by atoms with E-state index in [2.05, 4.69) is 10.6 Å². The lowest BCUT2D eigenvalue weighted by atomic mass is 10.0. The Balaban J connectivity index is 3.37. The maximum absolute atomic E-state index is 12.6. The first-order chi connectivity index (χ1) is 9.69. The minimum Gasteiger partial charge on any atom is -0.495 e. The van der Waals surface area contributed by atoms with Gasteiger partial charge in [0.25, 0.3) is 0 Å². The molecule has 0 radical (unpaired) electrons. The molecule has 1 aromatic carbocycles. The van der Waals surface area contributed by atoms with E-state index >= 15 is 0 Å². The van der Waals surface area contributed by atoms with Gasteiger partial charge in [-0.25, -0.2) is 8.42 Å². The van der Waals surface area contributed by atoms with Crippen molar-refractivity contribution in [3.8, 4) is 18.1 Å². The van der Waals surface area contributed by atoms with E-state index in [1.54, 1.807) is 19.1 Å². The topological polar surface area (TPSA) is 55.4 Å². The summed E-state index contributed by atoms with van der Waals surface area (Å²) >= 11 is 0. The number of methoxy groups -OCH3 is 1. The van der Waals surface area contributed by atoms with Gasteiger partial charge in [0.1, 0.15) is 10.6 Å². The fourth-order valence-corrected chi connectivity index (χ4v) is 3.43. The summed E-state index contributed by atoms with van der Waals surface area (Å²) in [5, 5.41) is 0. The molecule has 0 saturated heterocycles. The average molecular weight is 309 g/mol. The summed E-state index contributed by atoms with van der Waals surface area (Å²) in [6.07, 6.45) is 5.94. The van der Waals surface area contributed by atoms with Gasteiger partial charge in [0, 0.05) is 0 Å². The van der Waals surface area contributed by atoms with Crippen molar-refractivity contribution in [2.45, 2.75) is 50.5 Å². The molecule has 0 aliphatic rings. The number of hydrogen-bond donors (Lipinski definition) is 1. The van der Waals surface area contributed by atoms with Crippen molar-refractivity contribution in [3.05, 3.63) is 23.8 Å². The summed E-state index contributed by atoms with van der Waals surface area (Å²) in [6, 6.07) is 5.17. The van der Waals surface area contributed by atoms with E-state index in [9.17, 15) is 8.42 Å². The van der Waals surface area contributed by atoms with Gasteiger partial charge in [0.05, 0.1) is 12.6 Å². The quantitative estimate of drug-likeness (QED) is 0.822. The molecule has 0 bridgehead atoms. The van der Waals surface area contributed by atoms with E-state index in [4.69, 9.17) is 11.2 Å². The molecule has 0 aliphatic carbocycles. The Morgan fingerprint density at radius 3 is 2.48 bits per heavy atom. The Morgan fingerprint density at radius 2 is 2.05 bits per heavy atom. The zero-order valence-corrected chi connectivity index (χ0v) is 14.0. The standard InChI is InChI=1S/C16H23NO3S/c1-7-16(5,8-2)17-21(18,19)15-11-13(12(3)4)9-10-14(15)20-6/h1,9-12,17H,8H2,2-6H3/t16-/m0/s1. The zero-order valence-electron chi connectivity index (χ0n) is 13.2. The maximum Gasteiger partial charge on any atom is 0.245 e. The fraction of sp³-hybridized carbons (Fsp3) is 0.500. The van der Waals surface area contributed by atoms with E-state index in [1.165, 1.54) is 7.11 Å². The fourth-order valence-electron chi connectivity index (χ4n) is 1.82. The molecule has 0 aliphatic heterocycles. The second-order valence-corrected chi connectivity index (χ2v) is 7.15. The van der Waals surface area contributed by atoms with Crippen LogP contribution in [-0.4, -0.2) is 21.1 Å². The monoisotopic (exact) mass is 309 g/mol. The smallest absolute Gasteiger partial charge is 0.245 e. The molecule has 0 aromatic heterocycles. The molecule has 116 valence electrons. The summed E-state index contributed by atoms with van der Waals surface area (Å²) in [4.78, 5) is 0.117. The van der Waals surface area contributed by atoms with Gasteiger partial charge in [0.15, 0.2) is 0 Å². The van der Waals surface area contributed by atoms with Crippen LogP contribution in [0.15, 0.2) is 23.1 Å². The van der Waals surface area contributed by atoms with Crippen molar-refractivity contribution in [1.82, 2.24) is 4.72 Å². The van der Waals surface area contributed by atoms with E-state index in [0.717, 1.165) is 5.56 Å². The van der Waals surface area contributed by atoms with Crippen LogP contribution in [0.3, 0.4) is 0 Å². The van der Waals surface area contributed by atoms with Crippen molar-refractivity contribution in [3.63, 3.8) is 0 Å². The van der Waals surface area contributed by atoms with Gasteiger partial charge in [-0.3, -0.25) is 0 Å². The highest BCUT2D eigenvalue weighted by Crippen LogP contribution is 2.29. The first-order valence-electron chi connectivity index (χ1n) is 6.88. The summed E-state index contributed by atoms with van der Waals surface area (Å²) in [7, 11) is -2.31.